The molecule has 0 unspecified atom stereocenters. The molecule has 1 aromatic carbocycles. The van der Waals surface area contributed by atoms with Crippen molar-refractivity contribution in [3.05, 3.63) is 57.5 Å². The minimum Gasteiger partial charge on any atom is -0.497 e. The Morgan fingerprint density at radius 1 is 1.16 bits per heavy atom. The average Bonchev–Trinajstić information content (AvgIpc) is 3.20. The lowest BCUT2D eigenvalue weighted by Gasteiger charge is -2.22. The normalized spacial score (nSPS) is 15.2. The topological polar surface area (TPSA) is 98.7 Å². The maximum absolute atomic E-state index is 13.5. The average molecular weight is 542 g/mol. The molecule has 2 heterocycles. The van der Waals surface area contributed by atoms with Crippen molar-refractivity contribution in [3.8, 4) is 5.75 Å². The van der Waals surface area contributed by atoms with Crippen LogP contribution >= 0.6 is 11.8 Å². The van der Waals surface area contributed by atoms with Gasteiger partial charge in [0, 0.05) is 29.8 Å². The van der Waals surface area contributed by atoms with E-state index in [4.69, 9.17) is 9.47 Å². The minimum atomic E-state index is -4.31. The molecule has 0 saturated carbocycles. The Kier molecular flexibility index (Phi) is 8.83. The summed E-state index contributed by atoms with van der Waals surface area (Å²) in [7, 11) is 1.54. The number of nitrogens with one attached hydrogen (secondary N) is 2. The molecular formula is C25H30F3N3O5S. The number of aromatic nitrogens is 1. The van der Waals surface area contributed by atoms with Crippen molar-refractivity contribution in [1.82, 2.24) is 15.2 Å². The van der Waals surface area contributed by atoms with E-state index in [9.17, 15) is 27.6 Å². The van der Waals surface area contributed by atoms with Crippen molar-refractivity contribution < 1.29 is 32.2 Å². The third-order valence-corrected chi connectivity index (χ3v) is 6.61. The summed E-state index contributed by atoms with van der Waals surface area (Å²) < 4.78 is 49.3. The van der Waals surface area contributed by atoms with Gasteiger partial charge >= 0.3 is 12.3 Å². The van der Waals surface area contributed by atoms with Crippen LogP contribution in [-0.2, 0) is 11.3 Å². The largest absolute Gasteiger partial charge is 0.497 e. The summed E-state index contributed by atoms with van der Waals surface area (Å²) in [6.45, 7) is 5.11. The summed E-state index contributed by atoms with van der Waals surface area (Å²) in [5.74, 6) is 0.347. The molecule has 12 heteroatoms. The Morgan fingerprint density at radius 2 is 1.84 bits per heavy atom. The van der Waals surface area contributed by atoms with Gasteiger partial charge in [-0.15, -0.1) is 11.8 Å². The van der Waals surface area contributed by atoms with Crippen molar-refractivity contribution in [1.29, 1.82) is 0 Å². The number of ether oxygens (including phenoxy) is 2. The van der Waals surface area contributed by atoms with Gasteiger partial charge < -0.3 is 24.7 Å². The summed E-state index contributed by atoms with van der Waals surface area (Å²) in [4.78, 5) is 39.3. The molecular weight excluding hydrogens is 511 g/mol. The number of carbonyl (C=O) groups excluding carboxylic acids is 2. The number of halogens is 3. The lowest BCUT2D eigenvalue weighted by Crippen LogP contribution is -2.38. The molecule has 0 aliphatic carbocycles. The third kappa shape index (κ3) is 7.91. The Hall–Kier alpha value is -3.15. The summed E-state index contributed by atoms with van der Waals surface area (Å²) >= 11 is 1.23. The number of pyridine rings is 1. The molecule has 2 N–H and O–H groups in total. The zero-order chi connectivity index (χ0) is 27.4. The number of hydrogen-bond donors (Lipinski definition) is 2. The summed E-state index contributed by atoms with van der Waals surface area (Å²) in [5.41, 5.74) is 0.0406. The molecule has 37 heavy (non-hydrogen) atoms. The lowest BCUT2D eigenvalue weighted by atomic mass is 10.1. The highest BCUT2D eigenvalue weighted by Gasteiger charge is 2.34. The van der Waals surface area contributed by atoms with Crippen LogP contribution in [0.15, 0.2) is 40.2 Å². The van der Waals surface area contributed by atoms with E-state index >= 15 is 0 Å². The summed E-state index contributed by atoms with van der Waals surface area (Å²) in [6.07, 6.45) is -4.88. The number of benzene rings is 1. The Labute approximate surface area is 216 Å². The number of thioether (sulfide) groups is 1. The van der Waals surface area contributed by atoms with Crippen LogP contribution in [0.25, 0.3) is 0 Å². The van der Waals surface area contributed by atoms with E-state index in [1.54, 1.807) is 45.0 Å². The molecule has 0 saturated heterocycles. The zero-order valence-electron chi connectivity index (χ0n) is 21.0. The van der Waals surface area contributed by atoms with Gasteiger partial charge in [0.2, 0.25) is 0 Å². The van der Waals surface area contributed by atoms with E-state index in [0.717, 1.165) is 5.56 Å². The predicted molar refractivity (Wildman–Crippen MR) is 133 cm³/mol. The van der Waals surface area contributed by atoms with E-state index < -0.39 is 36.2 Å². The highest BCUT2D eigenvalue weighted by molar-refractivity contribution is 7.99. The number of hydrogen-bond acceptors (Lipinski definition) is 6. The molecule has 1 atom stereocenters. The predicted octanol–water partition coefficient (Wildman–Crippen LogP) is 4.65. The van der Waals surface area contributed by atoms with E-state index in [-0.39, 0.29) is 36.2 Å². The minimum absolute atomic E-state index is 0.133. The molecule has 202 valence electrons. The van der Waals surface area contributed by atoms with Gasteiger partial charge in [0.05, 0.1) is 30.8 Å². The molecule has 2 aromatic rings. The van der Waals surface area contributed by atoms with Gasteiger partial charge in [-0.05, 0) is 44.9 Å². The van der Waals surface area contributed by atoms with Crippen molar-refractivity contribution in [2.75, 3.05) is 19.4 Å². The number of amides is 2. The second kappa shape index (κ2) is 11.5. The summed E-state index contributed by atoms with van der Waals surface area (Å²) in [6, 6.07) is 6.33. The van der Waals surface area contributed by atoms with Crippen molar-refractivity contribution in [2.45, 2.75) is 62.9 Å². The van der Waals surface area contributed by atoms with Crippen LogP contribution in [-0.4, -0.2) is 47.8 Å². The Balaban J connectivity index is 1.92. The molecule has 0 fully saturated rings. The maximum atomic E-state index is 13.5. The van der Waals surface area contributed by atoms with Crippen LogP contribution in [0.5, 0.6) is 5.75 Å². The monoisotopic (exact) mass is 541 g/mol. The van der Waals surface area contributed by atoms with E-state index in [1.807, 2.05) is 0 Å². The first-order valence-electron chi connectivity index (χ1n) is 11.6. The quantitative estimate of drug-likeness (QED) is 0.472. The molecule has 0 spiro atoms. The molecule has 1 aromatic heterocycles. The maximum Gasteiger partial charge on any atom is 0.408 e. The fourth-order valence-electron chi connectivity index (χ4n) is 3.74. The lowest BCUT2D eigenvalue weighted by molar-refractivity contribution is -0.135. The van der Waals surface area contributed by atoms with Crippen LogP contribution in [0.4, 0.5) is 18.0 Å². The van der Waals surface area contributed by atoms with Gasteiger partial charge in [0.25, 0.3) is 11.5 Å². The number of nitrogens with zero attached hydrogens (tertiary/aromatic N) is 1. The van der Waals surface area contributed by atoms with Crippen molar-refractivity contribution in [2.24, 2.45) is 0 Å². The smallest absolute Gasteiger partial charge is 0.408 e. The molecule has 8 nitrogen and oxygen atoms in total. The number of fused-ring (bicyclic) bond motifs is 1. The van der Waals surface area contributed by atoms with Crippen LogP contribution in [0.2, 0.25) is 0 Å². The van der Waals surface area contributed by atoms with E-state index in [0.29, 0.717) is 16.4 Å². The molecule has 0 bridgehead atoms. The fourth-order valence-corrected chi connectivity index (χ4v) is 5.01. The Morgan fingerprint density at radius 3 is 2.43 bits per heavy atom. The number of alkyl carbamates (subject to hydrolysis) is 1. The zero-order valence-corrected chi connectivity index (χ0v) is 21.8. The van der Waals surface area contributed by atoms with Crippen LogP contribution in [0.3, 0.4) is 0 Å². The highest BCUT2D eigenvalue weighted by atomic mass is 32.2. The standard InChI is InChI=1S/C25H30F3N3O5S/c1-24(2,3)36-23(34)30-18-14-37-20-17(21(32)29-11-5-10-25(26,27)28)13-31(22(33)19(18)20)12-15-6-8-16(35-4)9-7-15/h6-9,13,18H,5,10-12,14H2,1-4H3,(H,29,32)(H,30,34)/t18-/m0/s1. The van der Waals surface area contributed by atoms with Crippen molar-refractivity contribution in [3.63, 3.8) is 0 Å². The Bertz CT molecular complexity index is 1190. The second-order valence-electron chi connectivity index (χ2n) is 9.55. The third-order valence-electron chi connectivity index (χ3n) is 5.38. The SMILES string of the molecule is COc1ccc(Cn2cc(C(=O)NCCCC(F)(F)F)c3c(c2=O)[C@@H](NC(=O)OC(C)(C)C)CS3)cc1. The molecule has 1 aliphatic rings. The highest BCUT2D eigenvalue weighted by Crippen LogP contribution is 2.38. The second-order valence-corrected chi connectivity index (χ2v) is 10.6. The van der Waals surface area contributed by atoms with Gasteiger partial charge in [-0.3, -0.25) is 9.59 Å². The molecule has 1 aliphatic heterocycles. The van der Waals surface area contributed by atoms with E-state index in [1.165, 1.54) is 29.6 Å². The first kappa shape index (κ1) is 28.4. The van der Waals surface area contributed by atoms with Gasteiger partial charge in [0.1, 0.15) is 11.4 Å². The van der Waals surface area contributed by atoms with Crippen molar-refractivity contribution >= 4 is 23.8 Å². The number of alkyl halides is 3. The fraction of sp³-hybridized carbons (Fsp3) is 0.480. The number of methoxy groups -OCH3 is 1. The van der Waals surface area contributed by atoms with Gasteiger partial charge in [-0.1, -0.05) is 12.1 Å². The van der Waals surface area contributed by atoms with Gasteiger partial charge in [-0.25, -0.2) is 4.79 Å². The number of rotatable bonds is 8. The van der Waals surface area contributed by atoms with Gasteiger partial charge in [-0.2, -0.15) is 13.2 Å². The van der Waals surface area contributed by atoms with Crippen LogP contribution in [0, 0.1) is 0 Å². The number of carbonyl (C=O) groups is 2. The van der Waals surface area contributed by atoms with Crippen LogP contribution in [0.1, 0.15) is 61.1 Å². The van der Waals surface area contributed by atoms with Crippen LogP contribution < -0.4 is 20.9 Å². The molecule has 2 amide bonds. The van der Waals surface area contributed by atoms with Gasteiger partial charge in [0.15, 0.2) is 0 Å². The summed E-state index contributed by atoms with van der Waals surface area (Å²) in [5, 5.41) is 5.22. The first-order valence-corrected chi connectivity index (χ1v) is 12.6. The molecule has 0 radical (unpaired) electrons. The van der Waals surface area contributed by atoms with E-state index in [2.05, 4.69) is 10.6 Å². The molecule has 3 rings (SSSR count). The first-order chi connectivity index (χ1) is 17.3.